The predicted octanol–water partition coefficient (Wildman–Crippen LogP) is 5.28. The SMILES string of the molecule is COc1ccccc1OCC(=O)N(Cc1ccccc1Cl)C(Cc1ccccc1)C(=O)NC(C)(C)C. The molecule has 1 atom stereocenters. The average molecular weight is 509 g/mol. The molecule has 0 aliphatic heterocycles. The van der Waals surface area contributed by atoms with Crippen molar-refractivity contribution in [3.63, 3.8) is 0 Å². The molecule has 0 heterocycles. The van der Waals surface area contributed by atoms with Gasteiger partial charge in [0.15, 0.2) is 18.1 Å². The van der Waals surface area contributed by atoms with Gasteiger partial charge in [-0.25, -0.2) is 0 Å². The standard InChI is InChI=1S/C29H33ClN2O4/c1-29(2,3)31-28(34)24(18-21-12-6-5-7-13-21)32(19-22-14-8-9-15-23(22)30)27(33)20-36-26-17-11-10-16-25(26)35-4/h5-17,24H,18-20H2,1-4H3,(H,31,34). The first-order valence-corrected chi connectivity index (χ1v) is 12.2. The van der Waals surface area contributed by atoms with Gasteiger partial charge in [-0.05, 0) is 50.1 Å². The molecule has 3 rings (SSSR count). The van der Waals surface area contributed by atoms with Crippen LogP contribution in [0.3, 0.4) is 0 Å². The zero-order chi connectivity index (χ0) is 26.1. The van der Waals surface area contributed by atoms with Crippen LogP contribution in [0.4, 0.5) is 0 Å². The Balaban J connectivity index is 1.95. The van der Waals surface area contributed by atoms with E-state index in [0.29, 0.717) is 22.9 Å². The highest BCUT2D eigenvalue weighted by Gasteiger charge is 2.33. The lowest BCUT2D eigenvalue weighted by Crippen LogP contribution is -2.55. The first kappa shape index (κ1) is 27.1. The van der Waals surface area contributed by atoms with Crippen molar-refractivity contribution >= 4 is 23.4 Å². The normalized spacial score (nSPS) is 11.9. The summed E-state index contributed by atoms with van der Waals surface area (Å²) in [5.41, 5.74) is 1.21. The average Bonchev–Trinajstić information content (AvgIpc) is 2.85. The number of amides is 2. The quantitative estimate of drug-likeness (QED) is 0.404. The molecule has 3 aromatic carbocycles. The zero-order valence-electron chi connectivity index (χ0n) is 21.2. The molecule has 0 radical (unpaired) electrons. The van der Waals surface area contributed by atoms with Gasteiger partial charge in [0, 0.05) is 23.5 Å². The predicted molar refractivity (Wildman–Crippen MR) is 142 cm³/mol. The minimum absolute atomic E-state index is 0.156. The zero-order valence-corrected chi connectivity index (χ0v) is 21.9. The number of methoxy groups -OCH3 is 1. The Morgan fingerprint density at radius 2 is 1.53 bits per heavy atom. The highest BCUT2D eigenvalue weighted by Crippen LogP contribution is 2.26. The molecule has 0 aliphatic rings. The molecule has 2 amide bonds. The minimum atomic E-state index is -0.781. The van der Waals surface area contributed by atoms with Gasteiger partial charge >= 0.3 is 0 Å². The van der Waals surface area contributed by atoms with Crippen molar-refractivity contribution in [2.24, 2.45) is 0 Å². The second-order valence-corrected chi connectivity index (χ2v) is 9.90. The number of nitrogens with zero attached hydrogens (tertiary/aromatic N) is 1. The Hall–Kier alpha value is -3.51. The number of ether oxygens (including phenoxy) is 2. The molecule has 0 saturated carbocycles. The molecule has 36 heavy (non-hydrogen) atoms. The lowest BCUT2D eigenvalue weighted by atomic mass is 10.0. The maximum Gasteiger partial charge on any atom is 0.261 e. The summed E-state index contributed by atoms with van der Waals surface area (Å²) in [6, 6.07) is 23.3. The summed E-state index contributed by atoms with van der Waals surface area (Å²) in [4.78, 5) is 28.8. The summed E-state index contributed by atoms with van der Waals surface area (Å²) < 4.78 is 11.2. The number of benzene rings is 3. The third kappa shape index (κ3) is 7.75. The fourth-order valence-corrected chi connectivity index (χ4v) is 3.97. The Morgan fingerprint density at radius 1 is 0.917 bits per heavy atom. The molecule has 0 fully saturated rings. The molecule has 7 heteroatoms. The Bertz CT molecular complexity index is 1160. The molecule has 1 N–H and O–H groups in total. The van der Waals surface area contributed by atoms with Crippen molar-refractivity contribution in [3.8, 4) is 11.5 Å². The Morgan fingerprint density at radius 3 is 2.17 bits per heavy atom. The van der Waals surface area contributed by atoms with E-state index in [4.69, 9.17) is 21.1 Å². The summed E-state index contributed by atoms with van der Waals surface area (Å²) >= 11 is 6.45. The van der Waals surface area contributed by atoms with E-state index in [-0.39, 0.29) is 25.0 Å². The van der Waals surface area contributed by atoms with E-state index < -0.39 is 11.6 Å². The summed E-state index contributed by atoms with van der Waals surface area (Å²) in [5, 5.41) is 3.56. The van der Waals surface area contributed by atoms with Gasteiger partial charge in [-0.3, -0.25) is 9.59 Å². The van der Waals surface area contributed by atoms with Crippen LogP contribution in [-0.4, -0.2) is 42.0 Å². The summed E-state index contributed by atoms with van der Waals surface area (Å²) in [7, 11) is 1.54. The maximum atomic E-state index is 13.7. The third-order valence-corrected chi connectivity index (χ3v) is 5.86. The Kier molecular flexibility index (Phi) is 9.37. The summed E-state index contributed by atoms with van der Waals surface area (Å²) in [6.45, 7) is 5.63. The lowest BCUT2D eigenvalue weighted by molar-refractivity contribution is -0.143. The van der Waals surface area contributed by atoms with Crippen LogP contribution in [0.5, 0.6) is 11.5 Å². The smallest absolute Gasteiger partial charge is 0.261 e. The molecule has 0 aromatic heterocycles. The van der Waals surface area contributed by atoms with E-state index in [1.54, 1.807) is 36.3 Å². The third-order valence-electron chi connectivity index (χ3n) is 5.49. The van der Waals surface area contributed by atoms with Gasteiger partial charge in [0.25, 0.3) is 5.91 Å². The minimum Gasteiger partial charge on any atom is -0.493 e. The van der Waals surface area contributed by atoms with Crippen molar-refractivity contribution in [1.82, 2.24) is 10.2 Å². The van der Waals surface area contributed by atoms with Crippen LogP contribution in [0.1, 0.15) is 31.9 Å². The highest BCUT2D eigenvalue weighted by atomic mass is 35.5. The first-order valence-electron chi connectivity index (χ1n) is 11.8. The molecule has 0 bridgehead atoms. The van der Waals surface area contributed by atoms with Crippen molar-refractivity contribution in [2.75, 3.05) is 13.7 Å². The molecule has 190 valence electrons. The number of hydrogen-bond donors (Lipinski definition) is 1. The topological polar surface area (TPSA) is 67.9 Å². The molecule has 1 unspecified atom stereocenters. The van der Waals surface area contributed by atoms with Crippen LogP contribution in [0, 0.1) is 0 Å². The van der Waals surface area contributed by atoms with Gasteiger partial charge in [-0.15, -0.1) is 0 Å². The first-order chi connectivity index (χ1) is 17.2. The second kappa shape index (κ2) is 12.5. The molecular formula is C29H33ClN2O4. The van der Waals surface area contributed by atoms with Crippen LogP contribution in [0.15, 0.2) is 78.9 Å². The fraction of sp³-hybridized carbons (Fsp3) is 0.310. The van der Waals surface area contributed by atoms with Crippen molar-refractivity contribution in [1.29, 1.82) is 0 Å². The number of carbonyl (C=O) groups excluding carboxylic acids is 2. The number of nitrogens with one attached hydrogen (secondary N) is 1. The second-order valence-electron chi connectivity index (χ2n) is 9.50. The van der Waals surface area contributed by atoms with Crippen LogP contribution in [-0.2, 0) is 22.6 Å². The number of rotatable bonds is 10. The van der Waals surface area contributed by atoms with E-state index in [0.717, 1.165) is 11.1 Å². The van der Waals surface area contributed by atoms with Crippen LogP contribution in [0.2, 0.25) is 5.02 Å². The van der Waals surface area contributed by atoms with Gasteiger partial charge in [0.1, 0.15) is 6.04 Å². The Labute approximate surface area is 218 Å². The molecule has 3 aromatic rings. The van der Waals surface area contributed by atoms with E-state index in [2.05, 4.69) is 5.32 Å². The number of halogens is 1. The van der Waals surface area contributed by atoms with Crippen LogP contribution < -0.4 is 14.8 Å². The number of hydrogen-bond acceptors (Lipinski definition) is 4. The van der Waals surface area contributed by atoms with Crippen LogP contribution in [0.25, 0.3) is 0 Å². The van der Waals surface area contributed by atoms with Gasteiger partial charge in [-0.1, -0.05) is 72.3 Å². The fourth-order valence-electron chi connectivity index (χ4n) is 3.78. The lowest BCUT2D eigenvalue weighted by Gasteiger charge is -2.34. The van der Waals surface area contributed by atoms with E-state index in [9.17, 15) is 9.59 Å². The van der Waals surface area contributed by atoms with Crippen LogP contribution >= 0.6 is 11.6 Å². The summed E-state index contributed by atoms with van der Waals surface area (Å²) in [5.74, 6) is 0.383. The monoisotopic (exact) mass is 508 g/mol. The highest BCUT2D eigenvalue weighted by molar-refractivity contribution is 6.31. The van der Waals surface area contributed by atoms with Gasteiger partial charge in [0.2, 0.25) is 5.91 Å². The number of carbonyl (C=O) groups is 2. The van der Waals surface area contributed by atoms with Crippen molar-refractivity contribution < 1.29 is 19.1 Å². The van der Waals surface area contributed by atoms with E-state index in [1.165, 1.54) is 0 Å². The van der Waals surface area contributed by atoms with Gasteiger partial charge in [-0.2, -0.15) is 0 Å². The maximum absolute atomic E-state index is 13.7. The summed E-state index contributed by atoms with van der Waals surface area (Å²) in [6.07, 6.45) is 0.341. The van der Waals surface area contributed by atoms with E-state index in [1.807, 2.05) is 75.4 Å². The van der Waals surface area contributed by atoms with Crippen molar-refractivity contribution in [3.05, 3.63) is 95.0 Å². The molecule has 0 aliphatic carbocycles. The van der Waals surface area contributed by atoms with Gasteiger partial charge < -0.3 is 19.7 Å². The largest absolute Gasteiger partial charge is 0.493 e. The molecule has 6 nitrogen and oxygen atoms in total. The molecule has 0 spiro atoms. The van der Waals surface area contributed by atoms with E-state index >= 15 is 0 Å². The number of para-hydroxylation sites is 2. The molecule has 0 saturated heterocycles. The molecular weight excluding hydrogens is 476 g/mol. The van der Waals surface area contributed by atoms with Gasteiger partial charge in [0.05, 0.1) is 7.11 Å². The van der Waals surface area contributed by atoms with Crippen molar-refractivity contribution in [2.45, 2.75) is 45.3 Å².